The average molecular weight is 302 g/mol. The molecule has 0 fully saturated rings. The summed E-state index contributed by atoms with van der Waals surface area (Å²) in [5.41, 5.74) is 3.25. The minimum Gasteiger partial charge on any atom is -0.366 e. The number of amides is 2. The predicted octanol–water partition coefficient (Wildman–Crippen LogP) is 2.38. The second kappa shape index (κ2) is 6.15. The zero-order chi connectivity index (χ0) is 16.3. The van der Waals surface area contributed by atoms with E-state index in [2.05, 4.69) is 5.32 Å². The Balaban J connectivity index is 2.89. The van der Waals surface area contributed by atoms with Crippen molar-refractivity contribution in [3.8, 4) is 0 Å². The normalized spacial score (nSPS) is 14.3. The molecule has 4 nitrogen and oxygen atoms in total. The highest BCUT2D eigenvalue weighted by Gasteiger charge is 2.55. The summed E-state index contributed by atoms with van der Waals surface area (Å²) < 4.78 is 38.9. The van der Waals surface area contributed by atoms with Crippen LogP contribution in [0.1, 0.15) is 36.2 Å². The van der Waals surface area contributed by atoms with Crippen molar-refractivity contribution < 1.29 is 22.8 Å². The number of carbonyl (C=O) groups is 2. The van der Waals surface area contributed by atoms with E-state index in [0.717, 1.165) is 6.92 Å². The van der Waals surface area contributed by atoms with Crippen molar-refractivity contribution in [3.05, 3.63) is 35.4 Å². The Morgan fingerprint density at radius 2 is 1.81 bits per heavy atom. The molecule has 116 valence electrons. The highest BCUT2D eigenvalue weighted by Crippen LogP contribution is 2.40. The third-order valence-corrected chi connectivity index (χ3v) is 3.56. The van der Waals surface area contributed by atoms with Crippen molar-refractivity contribution in [2.45, 2.75) is 33.0 Å². The van der Waals surface area contributed by atoms with Gasteiger partial charge in [-0.2, -0.15) is 13.2 Å². The molecule has 0 heterocycles. The van der Waals surface area contributed by atoms with Crippen LogP contribution >= 0.6 is 0 Å². The molecule has 0 aliphatic heterocycles. The number of nitrogens with one attached hydrogen (secondary N) is 1. The standard InChI is InChI=1S/C14H17F3N2O2/c1-3-13(2,14(15,16)17)12(21)19-8-9-6-4-5-7-10(9)11(18)20/h4-7H,3,8H2,1-2H3,(H2,18,20)(H,19,21). The van der Waals surface area contributed by atoms with Crippen molar-refractivity contribution >= 4 is 11.8 Å². The average Bonchev–Trinajstić information content (AvgIpc) is 2.42. The van der Waals surface area contributed by atoms with Crippen molar-refractivity contribution in [1.82, 2.24) is 5.32 Å². The van der Waals surface area contributed by atoms with Gasteiger partial charge in [-0.3, -0.25) is 9.59 Å². The molecule has 0 saturated heterocycles. The van der Waals surface area contributed by atoms with E-state index < -0.39 is 23.4 Å². The molecule has 1 aromatic rings. The molecule has 1 rings (SSSR count). The summed E-state index contributed by atoms with van der Waals surface area (Å²) in [6.07, 6.45) is -5.02. The van der Waals surface area contributed by atoms with Gasteiger partial charge in [0.25, 0.3) is 0 Å². The summed E-state index contributed by atoms with van der Waals surface area (Å²) in [6.45, 7) is 1.95. The van der Waals surface area contributed by atoms with Gasteiger partial charge in [0.05, 0.1) is 0 Å². The molecule has 21 heavy (non-hydrogen) atoms. The Kier molecular flexibility index (Phi) is 4.98. The molecule has 1 unspecified atom stereocenters. The fraction of sp³-hybridized carbons (Fsp3) is 0.429. The van der Waals surface area contributed by atoms with Gasteiger partial charge in [-0.1, -0.05) is 25.1 Å². The summed E-state index contributed by atoms with van der Waals surface area (Å²) >= 11 is 0. The van der Waals surface area contributed by atoms with Gasteiger partial charge < -0.3 is 11.1 Å². The van der Waals surface area contributed by atoms with Crippen molar-refractivity contribution in [3.63, 3.8) is 0 Å². The van der Waals surface area contributed by atoms with E-state index in [0.29, 0.717) is 5.56 Å². The Morgan fingerprint density at radius 3 is 2.29 bits per heavy atom. The lowest BCUT2D eigenvalue weighted by Crippen LogP contribution is -2.48. The molecule has 0 bridgehead atoms. The molecular formula is C14H17F3N2O2. The molecule has 0 aromatic heterocycles. The van der Waals surface area contributed by atoms with Crippen LogP contribution in [0.3, 0.4) is 0 Å². The molecule has 0 radical (unpaired) electrons. The van der Waals surface area contributed by atoms with Gasteiger partial charge >= 0.3 is 6.18 Å². The molecule has 0 aliphatic carbocycles. The summed E-state index contributed by atoms with van der Waals surface area (Å²) in [5.74, 6) is -1.83. The van der Waals surface area contributed by atoms with E-state index in [1.807, 2.05) is 0 Å². The maximum Gasteiger partial charge on any atom is 0.402 e. The van der Waals surface area contributed by atoms with Gasteiger partial charge in [-0.05, 0) is 25.0 Å². The Morgan fingerprint density at radius 1 is 1.24 bits per heavy atom. The first-order chi connectivity index (χ1) is 9.63. The van der Waals surface area contributed by atoms with Gasteiger partial charge in [-0.25, -0.2) is 0 Å². The largest absolute Gasteiger partial charge is 0.402 e. The van der Waals surface area contributed by atoms with Crippen LogP contribution in [0.25, 0.3) is 0 Å². The molecule has 0 aliphatic rings. The zero-order valence-electron chi connectivity index (χ0n) is 11.8. The summed E-state index contributed by atoms with van der Waals surface area (Å²) in [4.78, 5) is 23.1. The maximum atomic E-state index is 13.0. The number of rotatable bonds is 5. The van der Waals surface area contributed by atoms with E-state index in [4.69, 9.17) is 5.73 Å². The third-order valence-electron chi connectivity index (χ3n) is 3.56. The highest BCUT2D eigenvalue weighted by atomic mass is 19.4. The molecule has 7 heteroatoms. The first-order valence-corrected chi connectivity index (χ1v) is 6.36. The number of halogens is 3. The topological polar surface area (TPSA) is 72.2 Å². The van der Waals surface area contributed by atoms with Crippen LogP contribution in [-0.4, -0.2) is 18.0 Å². The lowest BCUT2D eigenvalue weighted by molar-refractivity contribution is -0.217. The molecule has 1 atom stereocenters. The number of benzene rings is 1. The summed E-state index contributed by atoms with van der Waals surface area (Å²) in [6, 6.07) is 6.16. The van der Waals surface area contributed by atoms with Crippen LogP contribution in [0.15, 0.2) is 24.3 Å². The maximum absolute atomic E-state index is 13.0. The summed E-state index contributed by atoms with van der Waals surface area (Å²) in [7, 11) is 0. The monoisotopic (exact) mass is 302 g/mol. The summed E-state index contributed by atoms with van der Waals surface area (Å²) in [5, 5.41) is 2.23. The molecule has 1 aromatic carbocycles. The van der Waals surface area contributed by atoms with Crippen LogP contribution in [-0.2, 0) is 11.3 Å². The van der Waals surface area contributed by atoms with Gasteiger partial charge in [0.2, 0.25) is 11.8 Å². The number of carbonyl (C=O) groups excluding carboxylic acids is 2. The van der Waals surface area contributed by atoms with Gasteiger partial charge in [0.1, 0.15) is 5.41 Å². The number of alkyl halides is 3. The Bertz CT molecular complexity index is 543. The first kappa shape index (κ1) is 17.0. The fourth-order valence-corrected chi connectivity index (χ4v) is 1.78. The molecule has 2 amide bonds. The predicted molar refractivity (Wildman–Crippen MR) is 71.3 cm³/mol. The van der Waals surface area contributed by atoms with Gasteiger partial charge in [0, 0.05) is 12.1 Å². The van der Waals surface area contributed by atoms with Crippen LogP contribution in [0.2, 0.25) is 0 Å². The van der Waals surface area contributed by atoms with Crippen LogP contribution in [0.4, 0.5) is 13.2 Å². The third kappa shape index (κ3) is 3.53. The lowest BCUT2D eigenvalue weighted by atomic mass is 9.85. The smallest absolute Gasteiger partial charge is 0.366 e. The lowest BCUT2D eigenvalue weighted by Gasteiger charge is -2.29. The van der Waals surface area contributed by atoms with E-state index in [-0.39, 0.29) is 18.5 Å². The van der Waals surface area contributed by atoms with E-state index >= 15 is 0 Å². The highest BCUT2D eigenvalue weighted by molar-refractivity contribution is 5.94. The molecule has 0 saturated carbocycles. The van der Waals surface area contributed by atoms with Gasteiger partial charge in [0.15, 0.2) is 0 Å². The minimum absolute atomic E-state index is 0.169. The number of hydrogen-bond donors (Lipinski definition) is 2. The van der Waals surface area contributed by atoms with Crippen molar-refractivity contribution in [1.29, 1.82) is 0 Å². The Labute approximate surface area is 120 Å². The quantitative estimate of drug-likeness (QED) is 0.876. The fourth-order valence-electron chi connectivity index (χ4n) is 1.78. The van der Waals surface area contributed by atoms with Crippen LogP contribution in [0.5, 0.6) is 0 Å². The first-order valence-electron chi connectivity index (χ1n) is 6.36. The second-order valence-corrected chi connectivity index (χ2v) is 4.89. The zero-order valence-corrected chi connectivity index (χ0v) is 11.8. The van der Waals surface area contributed by atoms with E-state index in [1.165, 1.54) is 19.1 Å². The minimum atomic E-state index is -4.64. The number of hydrogen-bond acceptors (Lipinski definition) is 2. The van der Waals surface area contributed by atoms with Gasteiger partial charge in [-0.15, -0.1) is 0 Å². The Hall–Kier alpha value is -2.05. The van der Waals surface area contributed by atoms with Crippen molar-refractivity contribution in [2.75, 3.05) is 0 Å². The van der Waals surface area contributed by atoms with E-state index in [1.54, 1.807) is 12.1 Å². The molecule has 3 N–H and O–H groups in total. The second-order valence-electron chi connectivity index (χ2n) is 4.89. The van der Waals surface area contributed by atoms with Crippen LogP contribution < -0.4 is 11.1 Å². The molecular weight excluding hydrogens is 285 g/mol. The SMILES string of the molecule is CCC(C)(C(=O)NCc1ccccc1C(N)=O)C(F)(F)F. The molecule has 0 spiro atoms. The van der Waals surface area contributed by atoms with E-state index in [9.17, 15) is 22.8 Å². The number of primary amides is 1. The van der Waals surface area contributed by atoms with Crippen LogP contribution in [0, 0.1) is 5.41 Å². The van der Waals surface area contributed by atoms with Crippen molar-refractivity contribution in [2.24, 2.45) is 11.1 Å². The number of nitrogens with two attached hydrogens (primary N) is 1.